The second kappa shape index (κ2) is 5.29. The molecule has 0 unspecified atom stereocenters. The first-order valence-corrected chi connectivity index (χ1v) is 6.90. The van der Waals surface area contributed by atoms with Crippen LogP contribution in [-0.4, -0.2) is 6.29 Å². The van der Waals surface area contributed by atoms with Crippen molar-refractivity contribution in [3.63, 3.8) is 0 Å². The largest absolute Gasteiger partial charge is 0.299 e. The third kappa shape index (κ3) is 2.27. The van der Waals surface area contributed by atoms with Gasteiger partial charge in [0.15, 0.2) is 0 Å². The molecule has 0 atom stereocenters. The van der Waals surface area contributed by atoms with E-state index < -0.39 is 0 Å². The average Bonchev–Trinajstić information content (AvgIpc) is 2.46. The Morgan fingerprint density at radius 3 is 1.95 bits per heavy atom. The summed E-state index contributed by atoms with van der Waals surface area (Å²) < 4.78 is 0. The van der Waals surface area contributed by atoms with Crippen LogP contribution in [0.15, 0.2) is 76.5 Å². The number of benzene rings is 2. The first-order chi connectivity index (χ1) is 9.40. The normalized spacial score (nSPS) is 12.9. The van der Waals surface area contributed by atoms with Crippen molar-refractivity contribution in [1.29, 1.82) is 0 Å². The molecular weight excluding hydrogens is 252 g/mol. The second-order valence-electron chi connectivity index (χ2n) is 4.20. The lowest BCUT2D eigenvalue weighted by Crippen LogP contribution is -1.98. The van der Waals surface area contributed by atoms with E-state index in [2.05, 4.69) is 36.4 Å². The van der Waals surface area contributed by atoms with Crippen molar-refractivity contribution in [2.45, 2.75) is 9.79 Å². The molecule has 1 nitrogen and oxygen atoms in total. The smallest absolute Gasteiger partial charge is 0.142 e. The van der Waals surface area contributed by atoms with Crippen LogP contribution in [0.4, 0.5) is 0 Å². The molecule has 19 heavy (non-hydrogen) atoms. The van der Waals surface area contributed by atoms with E-state index in [1.54, 1.807) is 17.8 Å². The molecule has 0 aromatic heterocycles. The van der Waals surface area contributed by atoms with E-state index in [1.807, 2.05) is 18.2 Å². The van der Waals surface area contributed by atoms with Crippen molar-refractivity contribution in [2.24, 2.45) is 0 Å². The first-order valence-electron chi connectivity index (χ1n) is 6.09. The third-order valence-corrected chi connectivity index (χ3v) is 4.18. The monoisotopic (exact) mass is 264 g/mol. The highest BCUT2D eigenvalue weighted by Crippen LogP contribution is 2.44. The molecule has 0 bridgehead atoms. The third-order valence-electron chi connectivity index (χ3n) is 3.03. The zero-order valence-electron chi connectivity index (χ0n) is 10.2. The minimum Gasteiger partial charge on any atom is -0.299 e. The Hall–Kier alpha value is -2.06. The van der Waals surface area contributed by atoms with Gasteiger partial charge < -0.3 is 0 Å². The van der Waals surface area contributed by atoms with Gasteiger partial charge in [0, 0.05) is 9.79 Å². The van der Waals surface area contributed by atoms with E-state index in [9.17, 15) is 4.79 Å². The summed E-state index contributed by atoms with van der Waals surface area (Å²) in [7, 11) is 0. The molecule has 0 saturated carbocycles. The van der Waals surface area contributed by atoms with Gasteiger partial charge in [0.2, 0.25) is 0 Å². The van der Waals surface area contributed by atoms with Gasteiger partial charge in [-0.2, -0.15) is 0 Å². The SMILES string of the molecule is O=CC=CC=C1c2ccccc2Sc2ccccc21. The van der Waals surface area contributed by atoms with Gasteiger partial charge in [-0.15, -0.1) is 0 Å². The maximum absolute atomic E-state index is 10.4. The van der Waals surface area contributed by atoms with Gasteiger partial charge >= 0.3 is 0 Å². The van der Waals surface area contributed by atoms with Crippen LogP contribution in [0.25, 0.3) is 5.57 Å². The highest BCUT2D eigenvalue weighted by atomic mass is 32.2. The zero-order chi connectivity index (χ0) is 13.1. The van der Waals surface area contributed by atoms with Crippen molar-refractivity contribution in [3.8, 4) is 0 Å². The summed E-state index contributed by atoms with van der Waals surface area (Å²) >= 11 is 1.79. The molecule has 0 saturated heterocycles. The van der Waals surface area contributed by atoms with E-state index in [0.717, 1.165) is 6.29 Å². The summed E-state index contributed by atoms with van der Waals surface area (Å²) in [5.41, 5.74) is 3.62. The molecule has 0 N–H and O–H groups in total. The fourth-order valence-corrected chi connectivity index (χ4v) is 3.30. The topological polar surface area (TPSA) is 17.1 Å². The first kappa shape index (κ1) is 12.0. The molecule has 92 valence electrons. The number of rotatable bonds is 2. The van der Waals surface area contributed by atoms with Crippen LogP contribution in [0.3, 0.4) is 0 Å². The summed E-state index contributed by atoms with van der Waals surface area (Å²) in [6.07, 6.45) is 6.12. The van der Waals surface area contributed by atoms with Crippen molar-refractivity contribution in [2.75, 3.05) is 0 Å². The minimum atomic E-state index is 0.798. The average molecular weight is 264 g/mol. The number of aldehydes is 1. The number of hydrogen-bond acceptors (Lipinski definition) is 2. The Bertz CT molecular complexity index is 636. The number of allylic oxidation sites excluding steroid dienone is 3. The Balaban J connectivity index is 2.19. The predicted molar refractivity (Wildman–Crippen MR) is 79.3 cm³/mol. The van der Waals surface area contributed by atoms with Gasteiger partial charge in [0.05, 0.1) is 0 Å². The molecule has 1 aliphatic rings. The summed E-state index contributed by atoms with van der Waals surface area (Å²) in [5.74, 6) is 0. The quantitative estimate of drug-likeness (QED) is 0.506. The highest BCUT2D eigenvalue weighted by Gasteiger charge is 2.19. The molecule has 2 aromatic rings. The number of fused-ring (bicyclic) bond motifs is 2. The maximum atomic E-state index is 10.4. The Labute approximate surface area is 116 Å². The zero-order valence-corrected chi connectivity index (χ0v) is 11.1. The van der Waals surface area contributed by atoms with Crippen LogP contribution >= 0.6 is 11.8 Å². The Kier molecular flexibility index (Phi) is 3.34. The van der Waals surface area contributed by atoms with E-state index >= 15 is 0 Å². The van der Waals surface area contributed by atoms with Crippen molar-refractivity contribution < 1.29 is 4.79 Å². The molecule has 0 aliphatic carbocycles. The van der Waals surface area contributed by atoms with Gasteiger partial charge in [-0.05, 0) is 34.9 Å². The fourth-order valence-electron chi connectivity index (χ4n) is 2.20. The van der Waals surface area contributed by atoms with Crippen molar-refractivity contribution in [3.05, 3.63) is 77.9 Å². The lowest BCUT2D eigenvalue weighted by atomic mass is 9.97. The van der Waals surface area contributed by atoms with Crippen LogP contribution in [0.2, 0.25) is 0 Å². The van der Waals surface area contributed by atoms with Crippen LogP contribution < -0.4 is 0 Å². The van der Waals surface area contributed by atoms with Gasteiger partial charge in [-0.1, -0.05) is 60.3 Å². The molecule has 1 aliphatic heterocycles. The Morgan fingerprint density at radius 2 is 1.37 bits per heavy atom. The maximum Gasteiger partial charge on any atom is 0.142 e. The van der Waals surface area contributed by atoms with E-state index in [-0.39, 0.29) is 0 Å². The number of carbonyl (C=O) groups is 1. The minimum absolute atomic E-state index is 0.798. The highest BCUT2D eigenvalue weighted by molar-refractivity contribution is 7.99. The molecular formula is C17H12OS. The van der Waals surface area contributed by atoms with Gasteiger partial charge in [-0.3, -0.25) is 4.79 Å². The van der Waals surface area contributed by atoms with Gasteiger partial charge in [-0.25, -0.2) is 0 Å². The lowest BCUT2D eigenvalue weighted by molar-refractivity contribution is -0.104. The van der Waals surface area contributed by atoms with Crippen molar-refractivity contribution in [1.82, 2.24) is 0 Å². The summed E-state index contributed by atoms with van der Waals surface area (Å²) in [6, 6.07) is 16.7. The molecule has 0 spiro atoms. The molecule has 0 radical (unpaired) electrons. The van der Waals surface area contributed by atoms with Crippen LogP contribution in [-0.2, 0) is 4.79 Å². The summed E-state index contributed by atoms with van der Waals surface area (Å²) in [5, 5.41) is 0. The molecule has 1 heterocycles. The standard InChI is InChI=1S/C17H12OS/c18-12-6-5-7-13-14-8-1-3-10-16(14)19-17-11-4-2-9-15(13)17/h1-12H. The van der Waals surface area contributed by atoms with E-state index in [4.69, 9.17) is 0 Å². The van der Waals surface area contributed by atoms with E-state index in [1.165, 1.54) is 32.6 Å². The van der Waals surface area contributed by atoms with Crippen LogP contribution in [0.1, 0.15) is 11.1 Å². The molecule has 2 heteroatoms. The van der Waals surface area contributed by atoms with Crippen LogP contribution in [0.5, 0.6) is 0 Å². The molecule has 2 aromatic carbocycles. The molecule has 0 fully saturated rings. The summed E-state index contributed by atoms with van der Waals surface area (Å²) in [6.45, 7) is 0. The van der Waals surface area contributed by atoms with Gasteiger partial charge in [0.1, 0.15) is 6.29 Å². The predicted octanol–water partition coefficient (Wildman–Crippen LogP) is 4.34. The number of carbonyl (C=O) groups excluding carboxylic acids is 1. The fraction of sp³-hybridized carbons (Fsp3) is 0. The lowest BCUT2D eigenvalue weighted by Gasteiger charge is -2.21. The number of hydrogen-bond donors (Lipinski definition) is 0. The van der Waals surface area contributed by atoms with Crippen LogP contribution in [0, 0.1) is 0 Å². The van der Waals surface area contributed by atoms with E-state index in [0.29, 0.717) is 0 Å². The van der Waals surface area contributed by atoms with Crippen molar-refractivity contribution >= 4 is 23.6 Å². The molecule has 3 rings (SSSR count). The Morgan fingerprint density at radius 1 is 0.789 bits per heavy atom. The molecule has 0 amide bonds. The second-order valence-corrected chi connectivity index (χ2v) is 5.28. The summed E-state index contributed by atoms with van der Waals surface area (Å²) in [4.78, 5) is 12.9. The van der Waals surface area contributed by atoms with Gasteiger partial charge in [0.25, 0.3) is 0 Å².